The Kier molecular flexibility index (Phi) is 4.54. The second-order valence-electron chi connectivity index (χ2n) is 5.16. The van der Waals surface area contributed by atoms with Crippen LogP contribution in [0.2, 0.25) is 0 Å². The van der Waals surface area contributed by atoms with Crippen LogP contribution in [-0.2, 0) is 11.3 Å². The molecule has 2 aromatic rings. The lowest BCUT2D eigenvalue weighted by atomic mass is 10.2. The van der Waals surface area contributed by atoms with Crippen molar-refractivity contribution >= 4 is 5.91 Å². The van der Waals surface area contributed by atoms with Gasteiger partial charge in [-0.05, 0) is 6.92 Å². The van der Waals surface area contributed by atoms with E-state index in [4.69, 9.17) is 4.42 Å². The van der Waals surface area contributed by atoms with Crippen LogP contribution < -0.4 is 16.6 Å². The number of nitrogens with zero attached hydrogens (tertiary/aromatic N) is 3. The average molecular weight is 307 g/mol. The Balaban J connectivity index is 2.01. The van der Waals surface area contributed by atoms with Gasteiger partial charge in [0.05, 0.1) is 0 Å². The van der Waals surface area contributed by atoms with Crippen LogP contribution in [0.3, 0.4) is 0 Å². The van der Waals surface area contributed by atoms with E-state index < -0.39 is 23.2 Å². The first-order valence-electron chi connectivity index (χ1n) is 6.79. The molecule has 0 radical (unpaired) electrons. The van der Waals surface area contributed by atoms with Crippen molar-refractivity contribution in [3.8, 4) is 0 Å². The van der Waals surface area contributed by atoms with Crippen molar-refractivity contribution in [3.63, 3.8) is 0 Å². The van der Waals surface area contributed by atoms with E-state index in [0.717, 1.165) is 4.57 Å². The summed E-state index contributed by atoms with van der Waals surface area (Å²) in [6.07, 6.45) is 1.26. The van der Waals surface area contributed by atoms with Crippen LogP contribution in [0.4, 0.5) is 0 Å². The fourth-order valence-corrected chi connectivity index (χ4v) is 1.73. The first-order chi connectivity index (χ1) is 10.4. The number of hydrogen-bond donors (Lipinski definition) is 2. The molecule has 0 unspecified atom stereocenters. The van der Waals surface area contributed by atoms with Gasteiger partial charge in [0.1, 0.15) is 12.6 Å². The quantitative estimate of drug-likeness (QED) is 0.796. The maximum absolute atomic E-state index is 11.9. The van der Waals surface area contributed by atoms with Crippen LogP contribution in [0, 0.1) is 0 Å². The largest absolute Gasteiger partial charge is 0.423 e. The molecule has 118 valence electrons. The molecule has 9 nitrogen and oxygen atoms in total. The summed E-state index contributed by atoms with van der Waals surface area (Å²) in [5.74, 6) is 0.480. The molecule has 2 N–H and O–H groups in total. The van der Waals surface area contributed by atoms with Gasteiger partial charge < -0.3 is 9.73 Å². The number of amides is 1. The van der Waals surface area contributed by atoms with E-state index in [1.807, 2.05) is 13.8 Å². The number of carbonyl (C=O) groups excluding carboxylic acids is 1. The SMILES string of the molecule is CC(C)c1nnc([C@H](C)NC(=O)Cn2ccc(=O)[nH]c2=O)o1. The second kappa shape index (κ2) is 6.37. The number of aromatic nitrogens is 4. The van der Waals surface area contributed by atoms with Gasteiger partial charge in [-0.3, -0.25) is 19.1 Å². The first-order valence-corrected chi connectivity index (χ1v) is 6.79. The van der Waals surface area contributed by atoms with E-state index in [1.54, 1.807) is 6.92 Å². The summed E-state index contributed by atoms with van der Waals surface area (Å²) < 4.78 is 6.54. The lowest BCUT2D eigenvalue weighted by molar-refractivity contribution is -0.122. The monoisotopic (exact) mass is 307 g/mol. The smallest absolute Gasteiger partial charge is 0.328 e. The minimum Gasteiger partial charge on any atom is -0.423 e. The molecule has 1 amide bonds. The lowest BCUT2D eigenvalue weighted by Gasteiger charge is -2.10. The third kappa shape index (κ3) is 3.68. The van der Waals surface area contributed by atoms with Gasteiger partial charge in [-0.1, -0.05) is 13.8 Å². The molecule has 9 heteroatoms. The highest BCUT2D eigenvalue weighted by molar-refractivity contribution is 5.76. The number of aromatic amines is 1. The van der Waals surface area contributed by atoms with Crippen molar-refractivity contribution in [1.29, 1.82) is 0 Å². The van der Waals surface area contributed by atoms with E-state index in [1.165, 1.54) is 12.3 Å². The van der Waals surface area contributed by atoms with Gasteiger partial charge in [-0.2, -0.15) is 0 Å². The maximum atomic E-state index is 11.9. The summed E-state index contributed by atoms with van der Waals surface area (Å²) in [5, 5.41) is 10.4. The molecule has 0 aliphatic heterocycles. The second-order valence-corrected chi connectivity index (χ2v) is 5.16. The van der Waals surface area contributed by atoms with Crippen LogP contribution in [0.1, 0.15) is 44.5 Å². The van der Waals surface area contributed by atoms with Crippen molar-refractivity contribution in [1.82, 2.24) is 25.1 Å². The summed E-state index contributed by atoms with van der Waals surface area (Å²) >= 11 is 0. The molecule has 0 aromatic carbocycles. The van der Waals surface area contributed by atoms with Crippen LogP contribution in [0.5, 0.6) is 0 Å². The Hall–Kier alpha value is -2.71. The molecule has 0 aliphatic carbocycles. The van der Waals surface area contributed by atoms with Gasteiger partial charge in [-0.25, -0.2) is 4.79 Å². The van der Waals surface area contributed by atoms with Crippen LogP contribution in [0.25, 0.3) is 0 Å². The Morgan fingerprint density at radius 1 is 1.32 bits per heavy atom. The zero-order chi connectivity index (χ0) is 16.3. The molecule has 0 bridgehead atoms. The molecule has 0 saturated heterocycles. The molecular formula is C13H17N5O4. The van der Waals surface area contributed by atoms with Crippen molar-refractivity contribution < 1.29 is 9.21 Å². The molecule has 2 heterocycles. The first kappa shape index (κ1) is 15.7. The highest BCUT2D eigenvalue weighted by atomic mass is 16.4. The van der Waals surface area contributed by atoms with E-state index in [0.29, 0.717) is 11.8 Å². The molecule has 2 rings (SSSR count). The number of carbonyl (C=O) groups is 1. The topological polar surface area (TPSA) is 123 Å². The molecule has 0 spiro atoms. The summed E-state index contributed by atoms with van der Waals surface area (Å²) in [6, 6.07) is 0.691. The Morgan fingerprint density at radius 2 is 2.00 bits per heavy atom. The summed E-state index contributed by atoms with van der Waals surface area (Å²) in [7, 11) is 0. The van der Waals surface area contributed by atoms with Crippen molar-refractivity contribution in [2.45, 2.75) is 39.3 Å². The molecule has 0 saturated carbocycles. The van der Waals surface area contributed by atoms with Gasteiger partial charge in [-0.15, -0.1) is 10.2 Å². The van der Waals surface area contributed by atoms with Gasteiger partial charge >= 0.3 is 5.69 Å². The van der Waals surface area contributed by atoms with Crippen molar-refractivity contribution in [2.75, 3.05) is 0 Å². The number of nitrogens with one attached hydrogen (secondary N) is 2. The summed E-state index contributed by atoms with van der Waals surface area (Å²) in [4.78, 5) is 36.4. The maximum Gasteiger partial charge on any atom is 0.328 e. The standard InChI is InChI=1S/C13H17N5O4/c1-7(2)11-16-17-12(22-11)8(3)14-10(20)6-18-5-4-9(19)15-13(18)21/h4-5,7-8H,6H2,1-3H3,(H,14,20)(H,15,19,21)/t8-/m0/s1. The van der Waals surface area contributed by atoms with Gasteiger partial charge in [0.2, 0.25) is 17.7 Å². The number of hydrogen-bond acceptors (Lipinski definition) is 6. The van der Waals surface area contributed by atoms with Gasteiger partial charge in [0, 0.05) is 18.2 Å². The molecule has 1 atom stereocenters. The number of rotatable bonds is 5. The molecule has 0 aliphatic rings. The Morgan fingerprint density at radius 3 is 2.59 bits per heavy atom. The highest BCUT2D eigenvalue weighted by Gasteiger charge is 2.17. The predicted octanol–water partition coefficient (Wildman–Crippen LogP) is -0.0796. The van der Waals surface area contributed by atoms with E-state index in [2.05, 4.69) is 20.5 Å². The normalized spacial score (nSPS) is 12.4. The minimum atomic E-state index is -0.643. The van der Waals surface area contributed by atoms with Gasteiger partial charge in [0.25, 0.3) is 5.56 Å². The lowest BCUT2D eigenvalue weighted by Crippen LogP contribution is -2.36. The Labute approximate surface area is 125 Å². The summed E-state index contributed by atoms with van der Waals surface area (Å²) in [5.41, 5.74) is -1.16. The summed E-state index contributed by atoms with van der Waals surface area (Å²) in [6.45, 7) is 5.32. The third-order valence-electron chi connectivity index (χ3n) is 2.91. The van der Waals surface area contributed by atoms with Crippen LogP contribution >= 0.6 is 0 Å². The van der Waals surface area contributed by atoms with Gasteiger partial charge in [0.15, 0.2) is 0 Å². The zero-order valence-electron chi connectivity index (χ0n) is 12.5. The molecule has 22 heavy (non-hydrogen) atoms. The average Bonchev–Trinajstić information content (AvgIpc) is 2.92. The molecular weight excluding hydrogens is 290 g/mol. The Bertz CT molecular complexity index is 773. The van der Waals surface area contributed by atoms with Crippen molar-refractivity contribution in [2.24, 2.45) is 0 Å². The highest BCUT2D eigenvalue weighted by Crippen LogP contribution is 2.16. The van der Waals surface area contributed by atoms with Crippen LogP contribution in [-0.4, -0.2) is 25.7 Å². The van der Waals surface area contributed by atoms with Crippen molar-refractivity contribution in [3.05, 3.63) is 44.9 Å². The zero-order valence-corrected chi connectivity index (χ0v) is 12.5. The van der Waals surface area contributed by atoms with E-state index in [-0.39, 0.29) is 12.5 Å². The number of H-pyrrole nitrogens is 1. The minimum absolute atomic E-state index is 0.101. The van der Waals surface area contributed by atoms with E-state index in [9.17, 15) is 14.4 Å². The molecule has 2 aromatic heterocycles. The third-order valence-corrected chi connectivity index (χ3v) is 2.91. The fraction of sp³-hybridized carbons (Fsp3) is 0.462. The molecule has 0 fully saturated rings. The fourth-order valence-electron chi connectivity index (χ4n) is 1.73. The van der Waals surface area contributed by atoms with Crippen LogP contribution in [0.15, 0.2) is 26.3 Å². The van der Waals surface area contributed by atoms with E-state index >= 15 is 0 Å². The predicted molar refractivity (Wildman–Crippen MR) is 76.3 cm³/mol.